The van der Waals surface area contributed by atoms with Crippen molar-refractivity contribution in [3.8, 4) is 17.2 Å². The first-order valence-corrected chi connectivity index (χ1v) is 12.2. The second kappa shape index (κ2) is 10.4. The van der Waals surface area contributed by atoms with Crippen molar-refractivity contribution in [1.82, 2.24) is 4.57 Å². The topological polar surface area (TPSA) is 88.4 Å². The van der Waals surface area contributed by atoms with Gasteiger partial charge < -0.3 is 18.9 Å². The molecular weight excluding hydrogens is 480 g/mol. The van der Waals surface area contributed by atoms with E-state index in [1.165, 1.54) is 15.9 Å². The van der Waals surface area contributed by atoms with Crippen LogP contribution < -0.4 is 29.1 Å². The first-order valence-electron chi connectivity index (χ1n) is 11.4. The molecule has 4 rings (SSSR count). The molecule has 1 aromatic heterocycles. The number of rotatable bonds is 7. The molecule has 1 aliphatic rings. The molecule has 0 amide bonds. The average molecular weight is 509 g/mol. The van der Waals surface area contributed by atoms with Crippen molar-refractivity contribution in [2.75, 3.05) is 27.9 Å². The molecule has 0 radical (unpaired) electrons. The molecule has 1 atom stereocenters. The first kappa shape index (κ1) is 25.2. The van der Waals surface area contributed by atoms with Crippen LogP contribution in [0.3, 0.4) is 0 Å². The van der Waals surface area contributed by atoms with Gasteiger partial charge in [-0.3, -0.25) is 9.36 Å². The zero-order valence-electron chi connectivity index (χ0n) is 21.1. The number of thiazole rings is 1. The van der Waals surface area contributed by atoms with Gasteiger partial charge in [-0.1, -0.05) is 17.4 Å². The molecule has 36 heavy (non-hydrogen) atoms. The summed E-state index contributed by atoms with van der Waals surface area (Å²) in [5.41, 5.74) is 2.95. The van der Waals surface area contributed by atoms with Gasteiger partial charge in [0.2, 0.25) is 0 Å². The highest BCUT2D eigenvalue weighted by Gasteiger charge is 2.35. The van der Waals surface area contributed by atoms with Crippen LogP contribution in [0.15, 0.2) is 57.5 Å². The summed E-state index contributed by atoms with van der Waals surface area (Å²) >= 11 is 1.27. The van der Waals surface area contributed by atoms with Crippen molar-refractivity contribution in [2.24, 2.45) is 4.99 Å². The summed E-state index contributed by atoms with van der Waals surface area (Å²) in [6.45, 7) is 5.63. The summed E-state index contributed by atoms with van der Waals surface area (Å²) in [6, 6.07) is 10.2. The average Bonchev–Trinajstić information content (AvgIpc) is 3.18. The van der Waals surface area contributed by atoms with E-state index < -0.39 is 12.0 Å². The summed E-state index contributed by atoms with van der Waals surface area (Å²) in [6.07, 6.45) is 1.84. The Hall–Kier alpha value is -3.85. The van der Waals surface area contributed by atoms with E-state index in [2.05, 4.69) is 4.99 Å². The molecule has 0 saturated heterocycles. The Kier molecular flexibility index (Phi) is 7.30. The van der Waals surface area contributed by atoms with Crippen molar-refractivity contribution in [2.45, 2.75) is 26.8 Å². The lowest BCUT2D eigenvalue weighted by Gasteiger charge is -2.26. The van der Waals surface area contributed by atoms with E-state index in [0.29, 0.717) is 32.1 Å². The quantitative estimate of drug-likeness (QED) is 0.456. The van der Waals surface area contributed by atoms with Crippen LogP contribution in [-0.4, -0.2) is 38.5 Å². The van der Waals surface area contributed by atoms with Crippen molar-refractivity contribution >= 4 is 23.4 Å². The molecule has 0 N–H and O–H groups in total. The van der Waals surface area contributed by atoms with Crippen LogP contribution in [0.2, 0.25) is 0 Å². The summed E-state index contributed by atoms with van der Waals surface area (Å²) in [4.78, 5) is 32.1. The third-order valence-corrected chi connectivity index (χ3v) is 6.99. The van der Waals surface area contributed by atoms with Crippen LogP contribution >= 0.6 is 11.3 Å². The summed E-state index contributed by atoms with van der Waals surface area (Å²) in [5, 5.41) is 0. The molecule has 1 aliphatic heterocycles. The third kappa shape index (κ3) is 4.54. The largest absolute Gasteiger partial charge is 0.497 e. The molecule has 188 valence electrons. The van der Waals surface area contributed by atoms with E-state index in [9.17, 15) is 9.59 Å². The van der Waals surface area contributed by atoms with Crippen molar-refractivity contribution in [3.05, 3.63) is 84.0 Å². The number of aryl methyl sites for hydroxylation is 1. The molecule has 0 fully saturated rings. The van der Waals surface area contributed by atoms with Gasteiger partial charge >= 0.3 is 5.97 Å². The standard InChI is InChI=1S/C27H28N2O6S/c1-7-35-26(31)23-16(3)28-27-29(24(23)20-14-19(33-5)10-11-21(20)34-6)25(30)22(36-27)13-17-8-9-18(32-4)12-15(17)2/h8-14,24H,7H2,1-6H3/b22-13+/t24-/m0/s1. The van der Waals surface area contributed by atoms with Crippen LogP contribution in [0.4, 0.5) is 0 Å². The number of fused-ring (bicyclic) bond motifs is 1. The molecule has 3 aromatic rings. The highest BCUT2D eigenvalue weighted by atomic mass is 32.1. The maximum atomic E-state index is 13.8. The van der Waals surface area contributed by atoms with E-state index >= 15 is 0 Å². The van der Waals surface area contributed by atoms with Crippen LogP contribution in [-0.2, 0) is 9.53 Å². The Balaban J connectivity index is 2.00. The minimum atomic E-state index is -0.801. The van der Waals surface area contributed by atoms with E-state index in [0.717, 1.165) is 16.9 Å². The van der Waals surface area contributed by atoms with Crippen LogP contribution in [0, 0.1) is 6.92 Å². The van der Waals surface area contributed by atoms with Gasteiger partial charge in [0.1, 0.15) is 23.3 Å². The summed E-state index contributed by atoms with van der Waals surface area (Å²) in [5.74, 6) is 1.29. The van der Waals surface area contributed by atoms with Crippen LogP contribution in [0.1, 0.15) is 36.6 Å². The molecule has 0 aliphatic carbocycles. The smallest absolute Gasteiger partial charge is 0.338 e. The molecule has 0 bridgehead atoms. The van der Waals surface area contributed by atoms with Gasteiger partial charge in [0.05, 0.1) is 43.7 Å². The Bertz CT molecular complexity index is 1530. The molecule has 8 nitrogen and oxygen atoms in total. The predicted molar refractivity (Wildman–Crippen MR) is 138 cm³/mol. The number of esters is 1. The van der Waals surface area contributed by atoms with Crippen molar-refractivity contribution in [3.63, 3.8) is 0 Å². The van der Waals surface area contributed by atoms with Crippen molar-refractivity contribution in [1.29, 1.82) is 0 Å². The Labute approximate surface area is 212 Å². The Morgan fingerprint density at radius 2 is 1.75 bits per heavy atom. The third-order valence-electron chi connectivity index (χ3n) is 6.01. The fourth-order valence-electron chi connectivity index (χ4n) is 4.22. The first-order chi connectivity index (χ1) is 17.3. The summed E-state index contributed by atoms with van der Waals surface area (Å²) in [7, 11) is 4.71. The van der Waals surface area contributed by atoms with E-state index in [1.807, 2.05) is 31.2 Å². The van der Waals surface area contributed by atoms with E-state index in [-0.39, 0.29) is 17.7 Å². The molecule has 0 saturated carbocycles. The Morgan fingerprint density at radius 3 is 2.39 bits per heavy atom. The molecule has 2 heterocycles. The van der Waals surface area contributed by atoms with Gasteiger partial charge in [-0.25, -0.2) is 9.79 Å². The van der Waals surface area contributed by atoms with Gasteiger partial charge in [0.15, 0.2) is 4.80 Å². The monoisotopic (exact) mass is 508 g/mol. The SMILES string of the molecule is CCOC(=O)C1=C(C)N=c2s/c(=C/c3ccc(OC)cc3C)c(=O)n2[C@H]1c1cc(OC)ccc1OC. The number of carbonyl (C=O) groups excluding carboxylic acids is 1. The maximum absolute atomic E-state index is 13.8. The lowest BCUT2D eigenvalue weighted by atomic mass is 9.94. The second-order valence-corrected chi connectivity index (χ2v) is 9.14. The fraction of sp³-hybridized carbons (Fsp3) is 0.296. The van der Waals surface area contributed by atoms with Gasteiger partial charge in [-0.15, -0.1) is 0 Å². The number of hydrogen-bond acceptors (Lipinski definition) is 8. The number of ether oxygens (including phenoxy) is 4. The maximum Gasteiger partial charge on any atom is 0.338 e. The van der Waals surface area contributed by atoms with Crippen LogP contribution in [0.5, 0.6) is 17.2 Å². The minimum Gasteiger partial charge on any atom is -0.497 e. The number of benzene rings is 2. The summed E-state index contributed by atoms with van der Waals surface area (Å²) < 4.78 is 23.8. The molecule has 2 aromatic carbocycles. The lowest BCUT2D eigenvalue weighted by molar-refractivity contribution is -0.139. The number of nitrogens with zero attached hydrogens (tertiary/aromatic N) is 2. The van der Waals surface area contributed by atoms with Crippen molar-refractivity contribution < 1.29 is 23.7 Å². The van der Waals surface area contributed by atoms with Gasteiger partial charge in [-0.2, -0.15) is 0 Å². The number of hydrogen-bond donors (Lipinski definition) is 0. The highest BCUT2D eigenvalue weighted by Crippen LogP contribution is 2.37. The van der Waals surface area contributed by atoms with E-state index in [1.54, 1.807) is 53.4 Å². The van der Waals surface area contributed by atoms with Gasteiger partial charge in [0, 0.05) is 5.56 Å². The number of carbonyl (C=O) groups is 1. The van der Waals surface area contributed by atoms with Gasteiger partial charge in [-0.05, 0) is 68.3 Å². The van der Waals surface area contributed by atoms with E-state index in [4.69, 9.17) is 18.9 Å². The van der Waals surface area contributed by atoms with Gasteiger partial charge in [0.25, 0.3) is 5.56 Å². The normalized spacial score (nSPS) is 15.3. The Morgan fingerprint density at radius 1 is 1.06 bits per heavy atom. The molecule has 9 heteroatoms. The zero-order valence-corrected chi connectivity index (χ0v) is 21.9. The number of aromatic nitrogens is 1. The number of methoxy groups -OCH3 is 3. The molecule has 0 unspecified atom stereocenters. The molecular formula is C27H28N2O6S. The number of allylic oxidation sites excluding steroid dienone is 1. The molecule has 0 spiro atoms. The second-order valence-electron chi connectivity index (χ2n) is 8.13. The predicted octanol–water partition coefficient (Wildman–Crippen LogP) is 3.13. The highest BCUT2D eigenvalue weighted by molar-refractivity contribution is 7.07. The minimum absolute atomic E-state index is 0.193. The lowest BCUT2D eigenvalue weighted by Crippen LogP contribution is -2.40. The fourth-order valence-corrected chi connectivity index (χ4v) is 5.25. The van der Waals surface area contributed by atoms with Crippen LogP contribution in [0.25, 0.3) is 6.08 Å². The zero-order chi connectivity index (χ0) is 26.0.